The lowest BCUT2D eigenvalue weighted by Gasteiger charge is -2.12. The van der Waals surface area contributed by atoms with Crippen molar-refractivity contribution in [3.8, 4) is 5.75 Å². The lowest BCUT2D eigenvalue weighted by molar-refractivity contribution is -0.991. The molecular weight excluding hydrogens is 294 g/mol. The van der Waals surface area contributed by atoms with Gasteiger partial charge in [-0.15, -0.1) is 0 Å². The maximum absolute atomic E-state index is 12.0. The molecule has 21 heavy (non-hydrogen) atoms. The summed E-state index contributed by atoms with van der Waals surface area (Å²) in [5.41, 5.74) is 0.651. The van der Waals surface area contributed by atoms with Crippen molar-refractivity contribution in [2.45, 2.75) is 0 Å². The van der Waals surface area contributed by atoms with Crippen molar-refractivity contribution in [2.24, 2.45) is 0 Å². The Balaban J connectivity index is 2.23. The van der Waals surface area contributed by atoms with Crippen LogP contribution in [-0.2, 0) is 0 Å². The molecule has 108 valence electrons. The molecule has 0 spiro atoms. The first kappa shape index (κ1) is 15.2. The van der Waals surface area contributed by atoms with Crippen LogP contribution in [-0.4, -0.2) is 16.1 Å². The zero-order valence-electron chi connectivity index (χ0n) is 10.8. The standard InChI is InChI=1S/C15H12ClNO4/c16-11-4-1-10(2-5-11)3-7-14(18)13-9-12(17(20)21)6-8-15(13)19/h1-9,17,19-20H. The predicted molar refractivity (Wildman–Crippen MR) is 78.7 cm³/mol. The molecule has 1 unspecified atom stereocenters. The number of phenolic OH excluding ortho intramolecular Hbond substituents is 1. The maximum atomic E-state index is 12.0. The largest absolute Gasteiger partial charge is 0.595 e. The summed E-state index contributed by atoms with van der Waals surface area (Å²) in [7, 11) is 0. The average Bonchev–Trinajstić information content (AvgIpc) is 2.46. The van der Waals surface area contributed by atoms with Gasteiger partial charge in [-0.05, 0) is 29.8 Å². The second-order valence-corrected chi connectivity index (χ2v) is 4.72. The van der Waals surface area contributed by atoms with E-state index in [1.807, 2.05) is 0 Å². The van der Waals surface area contributed by atoms with Gasteiger partial charge in [-0.25, -0.2) is 5.21 Å². The normalized spacial score (nSPS) is 12.5. The van der Waals surface area contributed by atoms with E-state index in [-0.39, 0.29) is 17.0 Å². The van der Waals surface area contributed by atoms with Crippen LogP contribution in [0.4, 0.5) is 5.69 Å². The molecule has 0 amide bonds. The van der Waals surface area contributed by atoms with Gasteiger partial charge in [-0.1, -0.05) is 29.8 Å². The Hall–Kier alpha value is -2.18. The number of allylic oxidation sites excluding steroid dienone is 1. The highest BCUT2D eigenvalue weighted by Gasteiger charge is 2.12. The van der Waals surface area contributed by atoms with Crippen molar-refractivity contribution in [1.82, 2.24) is 0 Å². The molecule has 2 aromatic carbocycles. The molecule has 5 nitrogen and oxygen atoms in total. The number of rotatable bonds is 4. The summed E-state index contributed by atoms with van der Waals surface area (Å²) in [6, 6.07) is 10.4. The number of ketones is 1. The molecule has 0 aliphatic heterocycles. The minimum Gasteiger partial charge on any atom is -0.595 e. The van der Waals surface area contributed by atoms with Gasteiger partial charge in [-0.2, -0.15) is 5.23 Å². The van der Waals surface area contributed by atoms with Crippen LogP contribution in [0.5, 0.6) is 5.75 Å². The van der Waals surface area contributed by atoms with Gasteiger partial charge in [0.2, 0.25) is 0 Å². The van der Waals surface area contributed by atoms with E-state index in [1.54, 1.807) is 30.3 Å². The molecule has 0 heterocycles. The number of carbonyl (C=O) groups is 1. The van der Waals surface area contributed by atoms with Crippen LogP contribution in [0.15, 0.2) is 48.5 Å². The van der Waals surface area contributed by atoms with E-state index in [0.717, 1.165) is 11.6 Å². The molecule has 3 N–H and O–H groups in total. The Morgan fingerprint density at radius 1 is 1.19 bits per heavy atom. The average molecular weight is 306 g/mol. The number of nitrogens with one attached hydrogen (secondary N) is 1. The monoisotopic (exact) mass is 305 g/mol. The van der Waals surface area contributed by atoms with E-state index in [2.05, 4.69) is 0 Å². The molecule has 0 radical (unpaired) electrons. The smallest absolute Gasteiger partial charge is 0.189 e. The van der Waals surface area contributed by atoms with Gasteiger partial charge in [0.25, 0.3) is 0 Å². The van der Waals surface area contributed by atoms with E-state index >= 15 is 0 Å². The minimum absolute atomic E-state index is 0.0555. The number of phenols is 1. The highest BCUT2D eigenvalue weighted by atomic mass is 35.5. The lowest BCUT2D eigenvalue weighted by Crippen LogP contribution is -2.99. The molecule has 0 saturated carbocycles. The minimum atomic E-state index is -1.16. The molecular formula is C15H12ClNO4. The quantitative estimate of drug-likeness (QED) is 0.350. The van der Waals surface area contributed by atoms with Crippen molar-refractivity contribution < 1.29 is 20.3 Å². The third-order valence-electron chi connectivity index (χ3n) is 2.81. The number of hydrogen-bond acceptors (Lipinski definition) is 4. The van der Waals surface area contributed by atoms with Gasteiger partial charge < -0.3 is 10.3 Å². The van der Waals surface area contributed by atoms with Gasteiger partial charge in [0.05, 0.1) is 5.56 Å². The van der Waals surface area contributed by atoms with Gasteiger partial charge in [0.15, 0.2) is 11.5 Å². The topological polar surface area (TPSA) is 85.0 Å². The summed E-state index contributed by atoms with van der Waals surface area (Å²) in [6.45, 7) is 0. The Morgan fingerprint density at radius 2 is 1.86 bits per heavy atom. The van der Waals surface area contributed by atoms with Crippen LogP contribution in [0, 0.1) is 5.21 Å². The molecule has 1 atom stereocenters. The van der Waals surface area contributed by atoms with Crippen LogP contribution in [0.2, 0.25) is 5.02 Å². The molecule has 0 saturated heterocycles. The van der Waals surface area contributed by atoms with Crippen LogP contribution < -0.4 is 5.23 Å². The molecule has 2 aromatic rings. The van der Waals surface area contributed by atoms with Crippen LogP contribution in [0.1, 0.15) is 15.9 Å². The SMILES string of the molecule is O=C(C=Cc1ccc(Cl)cc1)c1cc([NH+]([O-])O)ccc1O. The summed E-state index contributed by atoms with van der Waals surface area (Å²) in [6.07, 6.45) is 2.83. The zero-order valence-corrected chi connectivity index (χ0v) is 11.5. The van der Waals surface area contributed by atoms with Crippen LogP contribution >= 0.6 is 11.6 Å². The number of aromatic hydroxyl groups is 1. The van der Waals surface area contributed by atoms with E-state index in [0.29, 0.717) is 5.02 Å². The molecule has 0 fully saturated rings. The van der Waals surface area contributed by atoms with Gasteiger partial charge in [0, 0.05) is 17.2 Å². The van der Waals surface area contributed by atoms with E-state index in [4.69, 9.17) is 16.8 Å². The molecule has 0 aliphatic carbocycles. The third-order valence-corrected chi connectivity index (χ3v) is 3.06. The molecule has 0 aromatic heterocycles. The van der Waals surface area contributed by atoms with Crippen LogP contribution in [0.25, 0.3) is 6.08 Å². The second-order valence-electron chi connectivity index (χ2n) is 4.29. The summed E-state index contributed by atoms with van der Waals surface area (Å²) in [5.74, 6) is -0.740. The second kappa shape index (κ2) is 6.51. The lowest BCUT2D eigenvalue weighted by atomic mass is 10.1. The van der Waals surface area contributed by atoms with Crippen molar-refractivity contribution in [3.05, 3.63) is 69.9 Å². The molecule has 6 heteroatoms. The number of hydrogen-bond donors (Lipinski definition) is 3. The fourth-order valence-corrected chi connectivity index (χ4v) is 1.83. The number of halogens is 1. The van der Waals surface area contributed by atoms with E-state index in [1.165, 1.54) is 18.2 Å². The fraction of sp³-hybridized carbons (Fsp3) is 0. The van der Waals surface area contributed by atoms with Gasteiger partial charge >= 0.3 is 0 Å². The number of carbonyl (C=O) groups excluding carboxylic acids is 1. The van der Waals surface area contributed by atoms with Crippen molar-refractivity contribution in [1.29, 1.82) is 0 Å². The van der Waals surface area contributed by atoms with E-state index in [9.17, 15) is 15.1 Å². The number of benzene rings is 2. The highest BCUT2D eigenvalue weighted by Crippen LogP contribution is 2.21. The molecule has 2 rings (SSSR count). The summed E-state index contributed by atoms with van der Waals surface area (Å²) < 4.78 is 0. The predicted octanol–water partition coefficient (Wildman–Crippen LogP) is 2.35. The van der Waals surface area contributed by atoms with Crippen LogP contribution in [0.3, 0.4) is 0 Å². The fourth-order valence-electron chi connectivity index (χ4n) is 1.70. The third kappa shape index (κ3) is 3.90. The molecule has 0 bridgehead atoms. The highest BCUT2D eigenvalue weighted by molar-refractivity contribution is 6.30. The Bertz CT molecular complexity index is 681. The van der Waals surface area contributed by atoms with Crippen molar-refractivity contribution in [2.75, 3.05) is 0 Å². The van der Waals surface area contributed by atoms with Crippen molar-refractivity contribution in [3.63, 3.8) is 0 Å². The van der Waals surface area contributed by atoms with Crippen molar-refractivity contribution >= 4 is 29.1 Å². The first-order valence-corrected chi connectivity index (χ1v) is 6.39. The first-order valence-electron chi connectivity index (χ1n) is 6.01. The summed E-state index contributed by atoms with van der Waals surface area (Å²) >= 11 is 5.76. The van der Waals surface area contributed by atoms with E-state index < -0.39 is 11.0 Å². The Kier molecular flexibility index (Phi) is 4.72. The zero-order chi connectivity index (χ0) is 15.4. The summed E-state index contributed by atoms with van der Waals surface area (Å²) in [5, 5.41) is 28.8. The van der Waals surface area contributed by atoms with Gasteiger partial charge in [-0.3, -0.25) is 4.79 Å². The Labute approximate surface area is 125 Å². The summed E-state index contributed by atoms with van der Waals surface area (Å²) in [4.78, 5) is 12.0. The first-order chi connectivity index (χ1) is 9.97. The maximum Gasteiger partial charge on any atom is 0.189 e. The number of quaternary nitrogens is 1. The molecule has 0 aliphatic rings. The Morgan fingerprint density at radius 3 is 2.48 bits per heavy atom. The van der Waals surface area contributed by atoms with Gasteiger partial charge in [0.1, 0.15) is 5.75 Å².